The molecule has 0 fully saturated rings. The topological polar surface area (TPSA) is 80.4 Å². The Labute approximate surface area is 135 Å². The SMILES string of the molecule is O=C(O)/C(=C\c1cc([N+](=O)[O-])ccc1Cl)c1ccc(Cl)cc1. The minimum absolute atomic E-state index is 0.0425. The molecule has 0 heterocycles. The predicted molar refractivity (Wildman–Crippen MR) is 85.1 cm³/mol. The predicted octanol–water partition coefficient (Wildman–Crippen LogP) is 4.53. The Balaban J connectivity index is 2.55. The van der Waals surface area contributed by atoms with Crippen molar-refractivity contribution in [1.29, 1.82) is 0 Å². The number of non-ortho nitro benzene ring substituents is 1. The quantitative estimate of drug-likeness (QED) is 0.384. The number of benzene rings is 2. The Morgan fingerprint density at radius 3 is 2.32 bits per heavy atom. The molecular weight excluding hydrogens is 329 g/mol. The van der Waals surface area contributed by atoms with Gasteiger partial charge in [-0.25, -0.2) is 4.79 Å². The Kier molecular flexibility index (Phi) is 4.80. The smallest absolute Gasteiger partial charge is 0.336 e. The molecule has 0 spiro atoms. The summed E-state index contributed by atoms with van der Waals surface area (Å²) in [5, 5.41) is 20.8. The van der Waals surface area contributed by atoms with Crippen molar-refractivity contribution >= 4 is 46.5 Å². The first kappa shape index (κ1) is 16.0. The summed E-state index contributed by atoms with van der Waals surface area (Å²) in [6.45, 7) is 0. The summed E-state index contributed by atoms with van der Waals surface area (Å²) in [5.74, 6) is -1.18. The molecule has 1 N–H and O–H groups in total. The lowest BCUT2D eigenvalue weighted by molar-refractivity contribution is -0.384. The number of halogens is 2. The van der Waals surface area contributed by atoms with Crippen LogP contribution in [0.2, 0.25) is 10.0 Å². The molecule has 5 nitrogen and oxygen atoms in total. The first-order chi connectivity index (χ1) is 10.4. The van der Waals surface area contributed by atoms with Crippen LogP contribution in [0, 0.1) is 10.1 Å². The van der Waals surface area contributed by atoms with Gasteiger partial charge in [-0.3, -0.25) is 10.1 Å². The van der Waals surface area contributed by atoms with Gasteiger partial charge in [-0.1, -0.05) is 35.3 Å². The largest absolute Gasteiger partial charge is 0.478 e. The normalized spacial score (nSPS) is 11.3. The van der Waals surface area contributed by atoms with Crippen LogP contribution < -0.4 is 0 Å². The average molecular weight is 338 g/mol. The number of hydrogen-bond acceptors (Lipinski definition) is 3. The van der Waals surface area contributed by atoms with Crippen LogP contribution in [-0.4, -0.2) is 16.0 Å². The maximum absolute atomic E-state index is 11.4. The van der Waals surface area contributed by atoms with E-state index in [1.54, 1.807) is 24.3 Å². The second-order valence-electron chi connectivity index (χ2n) is 4.33. The Morgan fingerprint density at radius 2 is 1.77 bits per heavy atom. The lowest BCUT2D eigenvalue weighted by Crippen LogP contribution is -2.00. The monoisotopic (exact) mass is 337 g/mol. The van der Waals surface area contributed by atoms with E-state index < -0.39 is 10.9 Å². The molecular formula is C15H9Cl2NO4. The fourth-order valence-electron chi connectivity index (χ4n) is 1.81. The maximum Gasteiger partial charge on any atom is 0.336 e. The van der Waals surface area contributed by atoms with Gasteiger partial charge in [-0.05, 0) is 29.8 Å². The molecule has 22 heavy (non-hydrogen) atoms. The first-order valence-electron chi connectivity index (χ1n) is 6.03. The molecule has 7 heteroatoms. The summed E-state index contributed by atoms with van der Waals surface area (Å²) < 4.78 is 0. The average Bonchev–Trinajstić information content (AvgIpc) is 2.47. The number of hydrogen-bond donors (Lipinski definition) is 1. The van der Waals surface area contributed by atoms with Gasteiger partial charge in [0, 0.05) is 27.7 Å². The molecule has 0 saturated carbocycles. The van der Waals surface area contributed by atoms with E-state index in [4.69, 9.17) is 23.2 Å². The summed E-state index contributed by atoms with van der Waals surface area (Å²) in [6, 6.07) is 10.0. The van der Waals surface area contributed by atoms with Crippen LogP contribution >= 0.6 is 23.2 Å². The standard InChI is InChI=1S/C15H9Cl2NO4/c16-11-3-1-9(2-4-11)13(15(19)20)8-10-7-12(18(21)22)5-6-14(10)17/h1-8H,(H,19,20)/b13-8-. The van der Waals surface area contributed by atoms with Crippen molar-refractivity contribution in [3.05, 3.63) is 73.8 Å². The van der Waals surface area contributed by atoms with Crippen LogP contribution in [0.3, 0.4) is 0 Å². The fraction of sp³-hybridized carbons (Fsp3) is 0. The van der Waals surface area contributed by atoms with E-state index in [2.05, 4.69) is 0 Å². The highest BCUT2D eigenvalue weighted by atomic mass is 35.5. The zero-order valence-corrected chi connectivity index (χ0v) is 12.5. The first-order valence-corrected chi connectivity index (χ1v) is 6.79. The van der Waals surface area contributed by atoms with E-state index in [9.17, 15) is 20.0 Å². The maximum atomic E-state index is 11.4. The third-order valence-electron chi connectivity index (χ3n) is 2.88. The van der Waals surface area contributed by atoms with Gasteiger partial charge in [-0.15, -0.1) is 0 Å². The van der Waals surface area contributed by atoms with Gasteiger partial charge in [0.15, 0.2) is 0 Å². The van der Waals surface area contributed by atoms with Gasteiger partial charge >= 0.3 is 5.97 Å². The summed E-state index contributed by atoms with van der Waals surface area (Å²) in [7, 11) is 0. The molecule has 2 aromatic carbocycles. The van der Waals surface area contributed by atoms with Crippen LogP contribution in [0.1, 0.15) is 11.1 Å². The van der Waals surface area contributed by atoms with E-state index in [1.165, 1.54) is 24.3 Å². The zero-order chi connectivity index (χ0) is 16.3. The van der Waals surface area contributed by atoms with Gasteiger partial charge < -0.3 is 5.11 Å². The van der Waals surface area contributed by atoms with E-state index in [1.807, 2.05) is 0 Å². The molecule has 0 bridgehead atoms. The third kappa shape index (κ3) is 3.63. The molecule has 2 aromatic rings. The minimum atomic E-state index is -1.18. The van der Waals surface area contributed by atoms with Crippen LogP contribution in [0.25, 0.3) is 11.6 Å². The molecule has 112 valence electrons. The lowest BCUT2D eigenvalue weighted by atomic mass is 10.0. The summed E-state index contributed by atoms with van der Waals surface area (Å²) in [5.41, 5.74) is 0.457. The number of rotatable bonds is 4. The minimum Gasteiger partial charge on any atom is -0.478 e. The van der Waals surface area contributed by atoms with Crippen molar-refractivity contribution in [3.63, 3.8) is 0 Å². The molecule has 0 atom stereocenters. The van der Waals surface area contributed by atoms with Crippen molar-refractivity contribution < 1.29 is 14.8 Å². The lowest BCUT2D eigenvalue weighted by Gasteiger charge is -2.05. The highest BCUT2D eigenvalue weighted by molar-refractivity contribution is 6.33. The van der Waals surface area contributed by atoms with Crippen molar-refractivity contribution in [2.24, 2.45) is 0 Å². The second kappa shape index (κ2) is 6.60. The van der Waals surface area contributed by atoms with Gasteiger partial charge in [-0.2, -0.15) is 0 Å². The number of carboxylic acid groups (broad SMARTS) is 1. The van der Waals surface area contributed by atoms with Gasteiger partial charge in [0.25, 0.3) is 5.69 Å². The van der Waals surface area contributed by atoms with E-state index >= 15 is 0 Å². The molecule has 0 amide bonds. The van der Waals surface area contributed by atoms with Crippen LogP contribution in [0.4, 0.5) is 5.69 Å². The van der Waals surface area contributed by atoms with Crippen molar-refractivity contribution in [2.45, 2.75) is 0 Å². The molecule has 0 aliphatic heterocycles. The highest BCUT2D eigenvalue weighted by Gasteiger charge is 2.14. The van der Waals surface area contributed by atoms with E-state index in [0.717, 1.165) is 0 Å². The summed E-state index contributed by atoms with van der Waals surface area (Å²) in [4.78, 5) is 21.7. The van der Waals surface area contributed by atoms with Crippen molar-refractivity contribution in [2.75, 3.05) is 0 Å². The Hall–Kier alpha value is -2.37. The van der Waals surface area contributed by atoms with Crippen LogP contribution in [0.5, 0.6) is 0 Å². The van der Waals surface area contributed by atoms with Crippen molar-refractivity contribution in [1.82, 2.24) is 0 Å². The molecule has 0 aliphatic carbocycles. The third-order valence-corrected chi connectivity index (χ3v) is 3.47. The zero-order valence-electron chi connectivity index (χ0n) is 11.0. The number of aliphatic carboxylic acids is 1. The molecule has 0 aromatic heterocycles. The van der Waals surface area contributed by atoms with Crippen molar-refractivity contribution in [3.8, 4) is 0 Å². The fourth-order valence-corrected chi connectivity index (χ4v) is 2.11. The second-order valence-corrected chi connectivity index (χ2v) is 5.18. The number of carboxylic acids is 1. The van der Waals surface area contributed by atoms with Crippen LogP contribution in [0.15, 0.2) is 42.5 Å². The Morgan fingerprint density at radius 1 is 1.14 bits per heavy atom. The van der Waals surface area contributed by atoms with Gasteiger partial charge in [0.2, 0.25) is 0 Å². The molecule has 0 aliphatic rings. The summed E-state index contributed by atoms with van der Waals surface area (Å²) >= 11 is 11.8. The Bertz CT molecular complexity index is 770. The highest BCUT2D eigenvalue weighted by Crippen LogP contribution is 2.27. The molecule has 0 unspecified atom stereocenters. The number of nitro groups is 1. The van der Waals surface area contributed by atoms with Crippen LogP contribution in [-0.2, 0) is 4.79 Å². The van der Waals surface area contributed by atoms with Gasteiger partial charge in [0.05, 0.1) is 10.5 Å². The van der Waals surface area contributed by atoms with E-state index in [-0.39, 0.29) is 21.8 Å². The van der Waals surface area contributed by atoms with E-state index in [0.29, 0.717) is 10.6 Å². The number of carbonyl (C=O) groups is 1. The molecule has 0 saturated heterocycles. The molecule has 0 radical (unpaired) electrons. The number of nitro benzene ring substituents is 1. The van der Waals surface area contributed by atoms with Gasteiger partial charge in [0.1, 0.15) is 0 Å². The summed E-state index contributed by atoms with van der Waals surface area (Å²) in [6.07, 6.45) is 1.29. The molecule has 2 rings (SSSR count). The number of nitrogens with zero attached hydrogens (tertiary/aromatic N) is 1.